The van der Waals surface area contributed by atoms with Gasteiger partial charge in [0.1, 0.15) is 28.4 Å². The van der Waals surface area contributed by atoms with E-state index >= 15 is 0 Å². The van der Waals surface area contributed by atoms with Gasteiger partial charge in [-0.2, -0.15) is 0 Å². The summed E-state index contributed by atoms with van der Waals surface area (Å²) < 4.78 is 4.47. The Bertz CT molecular complexity index is 1040. The van der Waals surface area contributed by atoms with Crippen LogP contribution < -0.4 is 40.0 Å². The average Bonchev–Trinajstić information content (AvgIpc) is 3.15. The van der Waals surface area contributed by atoms with Gasteiger partial charge in [0.15, 0.2) is 0 Å². The summed E-state index contributed by atoms with van der Waals surface area (Å²) in [6.07, 6.45) is 0. The van der Waals surface area contributed by atoms with Crippen LogP contribution in [0.4, 0.5) is 0 Å². The van der Waals surface area contributed by atoms with Crippen LogP contribution in [-0.2, 0) is 9.59 Å². The van der Waals surface area contributed by atoms with Crippen LogP contribution in [0.5, 0.6) is 0 Å². The number of thioether (sulfide) groups is 1. The van der Waals surface area contributed by atoms with E-state index in [0.29, 0.717) is 10.6 Å². The summed E-state index contributed by atoms with van der Waals surface area (Å²) in [4.78, 5) is 38.3. The summed E-state index contributed by atoms with van der Waals surface area (Å²) in [6, 6.07) is 5.02. The van der Waals surface area contributed by atoms with Gasteiger partial charge in [-0.25, -0.2) is 0 Å². The number of carboxylic acids is 1. The molecule has 1 aromatic heterocycles. The predicted octanol–water partition coefficient (Wildman–Crippen LogP) is -1.78. The van der Waals surface area contributed by atoms with Crippen LogP contribution in [0.2, 0.25) is 5.02 Å². The average molecular weight is 458 g/mol. The van der Waals surface area contributed by atoms with Gasteiger partial charge in [0.25, 0.3) is 5.91 Å². The Labute approximate surface area is 204 Å². The molecular formula is C19H17ClN3NaO5S. The molecule has 2 saturated heterocycles. The van der Waals surface area contributed by atoms with Crippen molar-refractivity contribution in [3.8, 4) is 11.3 Å². The molecule has 152 valence electrons. The van der Waals surface area contributed by atoms with Crippen molar-refractivity contribution >= 4 is 41.1 Å². The van der Waals surface area contributed by atoms with Gasteiger partial charge in [-0.1, -0.05) is 35.0 Å². The number of aryl methyl sites for hydroxylation is 1. The fourth-order valence-electron chi connectivity index (χ4n) is 3.82. The second-order valence-corrected chi connectivity index (χ2v) is 9.65. The van der Waals surface area contributed by atoms with Crippen LogP contribution in [0.1, 0.15) is 30.0 Å². The van der Waals surface area contributed by atoms with E-state index in [1.807, 2.05) is 0 Å². The van der Waals surface area contributed by atoms with Crippen LogP contribution in [0.15, 0.2) is 28.8 Å². The van der Waals surface area contributed by atoms with Crippen molar-refractivity contribution in [2.45, 2.75) is 43.0 Å². The minimum Gasteiger partial charge on any atom is -0.548 e. The van der Waals surface area contributed by atoms with Crippen LogP contribution in [0.25, 0.3) is 11.3 Å². The molecule has 1 unspecified atom stereocenters. The molecule has 0 spiro atoms. The molecule has 1 aromatic carbocycles. The van der Waals surface area contributed by atoms with Gasteiger partial charge in [-0.3, -0.25) is 9.59 Å². The molecule has 11 heteroatoms. The summed E-state index contributed by atoms with van der Waals surface area (Å²) >= 11 is 7.54. The minimum absolute atomic E-state index is 0. The zero-order chi connectivity index (χ0) is 21.1. The summed E-state index contributed by atoms with van der Waals surface area (Å²) in [6.45, 7) is 5.07. The largest absolute Gasteiger partial charge is 1.00 e. The molecule has 30 heavy (non-hydrogen) atoms. The Morgan fingerprint density at radius 3 is 2.63 bits per heavy atom. The summed E-state index contributed by atoms with van der Waals surface area (Å²) in [7, 11) is 0. The van der Waals surface area contributed by atoms with Gasteiger partial charge in [0, 0.05) is 10.3 Å². The molecule has 2 amide bonds. The van der Waals surface area contributed by atoms with E-state index in [2.05, 4.69) is 10.5 Å². The van der Waals surface area contributed by atoms with E-state index in [9.17, 15) is 19.5 Å². The molecule has 2 fully saturated rings. The quantitative estimate of drug-likeness (QED) is 0.426. The Kier molecular flexibility index (Phi) is 6.33. The number of aliphatic carboxylic acids is 1. The van der Waals surface area contributed by atoms with E-state index in [1.165, 1.54) is 16.7 Å². The number of carboxylic acid groups (broad SMARTS) is 1. The molecule has 2 aliphatic rings. The molecule has 0 bridgehead atoms. The van der Waals surface area contributed by atoms with Gasteiger partial charge >= 0.3 is 29.6 Å². The van der Waals surface area contributed by atoms with Crippen molar-refractivity contribution in [2.75, 3.05) is 0 Å². The Morgan fingerprint density at radius 1 is 1.33 bits per heavy atom. The van der Waals surface area contributed by atoms with Gasteiger partial charge in [0.05, 0.1) is 17.0 Å². The zero-order valence-electron chi connectivity index (χ0n) is 16.8. The number of hydrogen-bond donors (Lipinski definition) is 1. The maximum absolute atomic E-state index is 13.0. The van der Waals surface area contributed by atoms with E-state index in [4.69, 9.17) is 16.1 Å². The number of halogens is 1. The summed E-state index contributed by atoms with van der Waals surface area (Å²) in [5.74, 6) is -2.01. The smallest absolute Gasteiger partial charge is 0.548 e. The van der Waals surface area contributed by atoms with E-state index in [0.717, 1.165) is 0 Å². The number of amides is 2. The van der Waals surface area contributed by atoms with Gasteiger partial charge in [-0.05, 0) is 26.8 Å². The first kappa shape index (κ1) is 23.1. The first-order chi connectivity index (χ1) is 13.6. The fraction of sp³-hybridized carbons (Fsp3) is 0.368. The molecule has 1 N–H and O–H groups in total. The molecule has 8 nitrogen and oxygen atoms in total. The summed E-state index contributed by atoms with van der Waals surface area (Å²) in [5.41, 5.74) is 0.996. The third kappa shape index (κ3) is 3.56. The van der Waals surface area contributed by atoms with Crippen molar-refractivity contribution < 1.29 is 53.6 Å². The van der Waals surface area contributed by atoms with Crippen LogP contribution in [-0.4, -0.2) is 50.0 Å². The van der Waals surface area contributed by atoms with Gasteiger partial charge in [-0.15, -0.1) is 11.8 Å². The van der Waals surface area contributed by atoms with Crippen molar-refractivity contribution in [3.63, 3.8) is 0 Å². The van der Waals surface area contributed by atoms with Crippen molar-refractivity contribution in [3.05, 3.63) is 40.6 Å². The Balaban J connectivity index is 0.00000256. The molecule has 0 aliphatic carbocycles. The Hall–Kier alpha value is -1.52. The molecule has 2 aromatic rings. The Morgan fingerprint density at radius 2 is 2.00 bits per heavy atom. The minimum atomic E-state index is -1.31. The van der Waals surface area contributed by atoms with Crippen LogP contribution in [0.3, 0.4) is 0 Å². The van der Waals surface area contributed by atoms with Crippen molar-refractivity contribution in [1.29, 1.82) is 0 Å². The second kappa shape index (κ2) is 8.20. The fourth-order valence-corrected chi connectivity index (χ4v) is 5.66. The number of nitrogens with one attached hydrogen (secondary N) is 1. The molecular weight excluding hydrogens is 441 g/mol. The predicted molar refractivity (Wildman–Crippen MR) is 104 cm³/mol. The van der Waals surface area contributed by atoms with Crippen LogP contribution >= 0.6 is 23.4 Å². The maximum atomic E-state index is 13.0. The third-order valence-electron chi connectivity index (χ3n) is 5.17. The number of fused-ring (bicyclic) bond motifs is 1. The standard InChI is InChI=1S/C19H18ClN3O5S.Na/c1-8-11(12(22-28-8)9-6-4-5-7-10(9)20)15(24)21-13-16(25)23-14(18(26)27)19(2,3)29-17(13)23;/h4-7,13-14,17H,1-3H3,(H,21,24)(H,26,27);/q;+1/p-1/t13-,14+,17?;/m1./s1. The molecule has 0 saturated carbocycles. The topological polar surface area (TPSA) is 116 Å². The number of benzene rings is 1. The maximum Gasteiger partial charge on any atom is 1.00 e. The van der Waals surface area contributed by atoms with Gasteiger partial charge in [0.2, 0.25) is 5.91 Å². The van der Waals surface area contributed by atoms with Crippen molar-refractivity contribution in [1.82, 2.24) is 15.4 Å². The molecule has 3 atom stereocenters. The number of aromatic nitrogens is 1. The van der Waals surface area contributed by atoms with Crippen molar-refractivity contribution in [2.24, 2.45) is 0 Å². The van der Waals surface area contributed by atoms with E-state index in [1.54, 1.807) is 45.0 Å². The number of nitrogens with zero attached hydrogens (tertiary/aromatic N) is 2. The summed E-state index contributed by atoms with van der Waals surface area (Å²) in [5, 5.41) is 18.1. The van der Waals surface area contributed by atoms with E-state index < -0.39 is 40.0 Å². The number of carbonyl (C=O) groups is 3. The molecule has 3 heterocycles. The van der Waals surface area contributed by atoms with Crippen LogP contribution in [0, 0.1) is 6.92 Å². The normalized spacial score (nSPS) is 23.9. The first-order valence-corrected chi connectivity index (χ1v) is 10.1. The molecule has 2 aliphatic heterocycles. The number of carbonyl (C=O) groups excluding carboxylic acids is 3. The number of hydrogen-bond acceptors (Lipinski definition) is 7. The first-order valence-electron chi connectivity index (χ1n) is 8.86. The monoisotopic (exact) mass is 457 g/mol. The number of β-lactam (4-membered cyclic amide) rings is 1. The third-order valence-corrected chi connectivity index (χ3v) is 7.07. The SMILES string of the molecule is Cc1onc(-c2ccccc2Cl)c1C(=O)N[C@@H]1C(=O)N2C1SC(C)(C)[C@@H]2C(=O)[O-].[Na+]. The van der Waals surface area contributed by atoms with E-state index in [-0.39, 0.29) is 46.6 Å². The van der Waals surface area contributed by atoms with Gasteiger partial charge < -0.3 is 24.6 Å². The second-order valence-electron chi connectivity index (χ2n) is 7.47. The number of rotatable bonds is 4. The molecule has 0 radical (unpaired) electrons. The zero-order valence-corrected chi connectivity index (χ0v) is 20.3. The molecule has 4 rings (SSSR count).